The molecule has 0 aliphatic rings. The van der Waals surface area contributed by atoms with E-state index >= 15 is 0 Å². The molecule has 7 heteroatoms. The van der Waals surface area contributed by atoms with E-state index in [1.54, 1.807) is 4.68 Å². The molecule has 7 nitrogen and oxygen atoms in total. The number of nitrogens with zero attached hydrogens (tertiary/aromatic N) is 3. The summed E-state index contributed by atoms with van der Waals surface area (Å²) in [5.41, 5.74) is 11.7. The van der Waals surface area contributed by atoms with E-state index in [4.69, 9.17) is 16.6 Å². The predicted octanol–water partition coefficient (Wildman–Crippen LogP) is -0.638. The number of aliphatic carboxylic acids is 1. The molecular weight excluding hydrogens is 222 g/mol. The van der Waals surface area contributed by atoms with Gasteiger partial charge in [-0.05, 0) is 25.8 Å². The smallest absolute Gasteiger partial charge is 0.320 e. The van der Waals surface area contributed by atoms with E-state index in [1.807, 2.05) is 6.20 Å². The number of aryl methyl sites for hydroxylation is 1. The standard InChI is InChI=1S/C10H19N5O2/c11-5-4-8-7-15(14-13-8)6-2-1-3-9(12)10(16)17/h7,9H,1-6,11-12H2,(H,16,17)/t9-/m0/s1. The molecular formula is C10H19N5O2. The van der Waals surface area contributed by atoms with E-state index in [0.717, 1.165) is 31.5 Å². The van der Waals surface area contributed by atoms with Gasteiger partial charge in [-0.25, -0.2) is 0 Å². The van der Waals surface area contributed by atoms with Crippen LogP contribution in [-0.2, 0) is 17.8 Å². The molecule has 1 heterocycles. The molecule has 5 N–H and O–H groups in total. The van der Waals surface area contributed by atoms with Gasteiger partial charge in [-0.3, -0.25) is 9.48 Å². The highest BCUT2D eigenvalue weighted by atomic mass is 16.4. The van der Waals surface area contributed by atoms with Crippen molar-refractivity contribution in [1.29, 1.82) is 0 Å². The number of carboxylic acid groups (broad SMARTS) is 1. The first-order valence-corrected chi connectivity index (χ1v) is 5.71. The summed E-state index contributed by atoms with van der Waals surface area (Å²) in [6.45, 7) is 1.29. The topological polar surface area (TPSA) is 120 Å². The van der Waals surface area contributed by atoms with E-state index in [2.05, 4.69) is 10.3 Å². The lowest BCUT2D eigenvalue weighted by Gasteiger charge is -2.05. The monoisotopic (exact) mass is 241 g/mol. The number of unbranched alkanes of at least 4 members (excludes halogenated alkanes) is 1. The highest BCUT2D eigenvalue weighted by molar-refractivity contribution is 5.72. The van der Waals surface area contributed by atoms with Gasteiger partial charge in [0.25, 0.3) is 0 Å². The Hall–Kier alpha value is -1.47. The van der Waals surface area contributed by atoms with Crippen molar-refractivity contribution in [3.8, 4) is 0 Å². The third kappa shape index (κ3) is 4.92. The number of hydrogen-bond acceptors (Lipinski definition) is 5. The highest BCUT2D eigenvalue weighted by Gasteiger charge is 2.10. The molecule has 0 fully saturated rings. The van der Waals surface area contributed by atoms with Crippen LogP contribution in [0.2, 0.25) is 0 Å². The fourth-order valence-corrected chi connectivity index (χ4v) is 1.47. The van der Waals surface area contributed by atoms with Crippen molar-refractivity contribution in [3.05, 3.63) is 11.9 Å². The van der Waals surface area contributed by atoms with Crippen LogP contribution in [0.1, 0.15) is 25.0 Å². The summed E-state index contributed by atoms with van der Waals surface area (Å²) >= 11 is 0. The minimum atomic E-state index is -0.948. The van der Waals surface area contributed by atoms with Gasteiger partial charge in [0, 0.05) is 19.2 Å². The summed E-state index contributed by atoms with van der Waals surface area (Å²) in [7, 11) is 0. The summed E-state index contributed by atoms with van der Waals surface area (Å²) < 4.78 is 1.75. The molecule has 17 heavy (non-hydrogen) atoms. The molecule has 0 saturated heterocycles. The van der Waals surface area contributed by atoms with Crippen LogP contribution in [0.3, 0.4) is 0 Å². The van der Waals surface area contributed by atoms with E-state index in [9.17, 15) is 4.79 Å². The van der Waals surface area contributed by atoms with Gasteiger partial charge in [0.1, 0.15) is 6.04 Å². The van der Waals surface area contributed by atoms with Crippen molar-refractivity contribution in [3.63, 3.8) is 0 Å². The number of carboxylic acids is 1. The van der Waals surface area contributed by atoms with Gasteiger partial charge in [0.2, 0.25) is 0 Å². The number of hydrogen-bond donors (Lipinski definition) is 3. The average Bonchev–Trinajstić information content (AvgIpc) is 2.72. The van der Waals surface area contributed by atoms with E-state index in [0.29, 0.717) is 13.0 Å². The zero-order chi connectivity index (χ0) is 12.7. The Balaban J connectivity index is 2.19. The summed E-state index contributed by atoms with van der Waals surface area (Å²) in [6.07, 6.45) is 4.68. The molecule has 0 aromatic carbocycles. The summed E-state index contributed by atoms with van der Waals surface area (Å²) in [5, 5.41) is 16.5. The van der Waals surface area contributed by atoms with Gasteiger partial charge in [-0.1, -0.05) is 5.21 Å². The van der Waals surface area contributed by atoms with Gasteiger partial charge in [-0.15, -0.1) is 5.10 Å². The number of nitrogens with two attached hydrogens (primary N) is 2. The zero-order valence-electron chi connectivity index (χ0n) is 9.75. The Bertz CT molecular complexity index is 352. The first kappa shape index (κ1) is 13.6. The van der Waals surface area contributed by atoms with Crippen LogP contribution in [0.25, 0.3) is 0 Å². The molecule has 1 aromatic heterocycles. The minimum Gasteiger partial charge on any atom is -0.480 e. The molecule has 0 aliphatic carbocycles. The average molecular weight is 241 g/mol. The fraction of sp³-hybridized carbons (Fsp3) is 0.700. The highest BCUT2D eigenvalue weighted by Crippen LogP contribution is 2.02. The van der Waals surface area contributed by atoms with Gasteiger partial charge in [-0.2, -0.15) is 0 Å². The molecule has 0 amide bonds. The maximum absolute atomic E-state index is 10.5. The zero-order valence-corrected chi connectivity index (χ0v) is 9.75. The maximum atomic E-state index is 10.5. The van der Waals surface area contributed by atoms with Crippen LogP contribution < -0.4 is 11.5 Å². The molecule has 1 rings (SSSR count). The maximum Gasteiger partial charge on any atom is 0.320 e. The fourth-order valence-electron chi connectivity index (χ4n) is 1.47. The lowest BCUT2D eigenvalue weighted by molar-refractivity contribution is -0.138. The van der Waals surface area contributed by atoms with E-state index in [1.165, 1.54) is 0 Å². The second kappa shape index (κ2) is 6.97. The first-order valence-electron chi connectivity index (χ1n) is 5.71. The Morgan fingerprint density at radius 2 is 2.29 bits per heavy atom. The summed E-state index contributed by atoms with van der Waals surface area (Å²) in [4.78, 5) is 10.5. The van der Waals surface area contributed by atoms with Gasteiger partial charge in [0.05, 0.1) is 5.69 Å². The Morgan fingerprint density at radius 3 is 2.94 bits per heavy atom. The van der Waals surface area contributed by atoms with Crippen molar-refractivity contribution < 1.29 is 9.90 Å². The van der Waals surface area contributed by atoms with Crippen molar-refractivity contribution in [1.82, 2.24) is 15.0 Å². The predicted molar refractivity (Wildman–Crippen MR) is 62.2 cm³/mol. The Labute approximate surface area is 99.8 Å². The van der Waals surface area contributed by atoms with Crippen molar-refractivity contribution in [2.45, 2.75) is 38.3 Å². The molecule has 0 bridgehead atoms. The van der Waals surface area contributed by atoms with Crippen LogP contribution >= 0.6 is 0 Å². The second-order valence-electron chi connectivity index (χ2n) is 3.95. The largest absolute Gasteiger partial charge is 0.480 e. The van der Waals surface area contributed by atoms with E-state index < -0.39 is 12.0 Å². The molecule has 0 spiro atoms. The SMILES string of the molecule is NCCc1cn(CCCC[C@H](N)C(=O)O)nn1. The lowest BCUT2D eigenvalue weighted by Crippen LogP contribution is -2.29. The molecule has 96 valence electrons. The first-order chi connectivity index (χ1) is 8.13. The third-order valence-electron chi connectivity index (χ3n) is 2.46. The van der Waals surface area contributed by atoms with Crippen LogP contribution in [-0.4, -0.2) is 38.7 Å². The van der Waals surface area contributed by atoms with Gasteiger partial charge in [0.15, 0.2) is 0 Å². The van der Waals surface area contributed by atoms with Gasteiger partial charge < -0.3 is 16.6 Å². The number of carbonyl (C=O) groups is 1. The number of aromatic nitrogens is 3. The molecule has 0 radical (unpaired) electrons. The number of rotatable bonds is 8. The summed E-state index contributed by atoms with van der Waals surface area (Å²) in [5.74, 6) is -0.948. The van der Waals surface area contributed by atoms with E-state index in [-0.39, 0.29) is 0 Å². The molecule has 0 saturated carbocycles. The quantitative estimate of drug-likeness (QED) is 0.521. The van der Waals surface area contributed by atoms with Crippen LogP contribution in [0.5, 0.6) is 0 Å². The summed E-state index contributed by atoms with van der Waals surface area (Å²) in [6, 6.07) is -0.765. The molecule has 0 unspecified atom stereocenters. The van der Waals surface area contributed by atoms with Crippen LogP contribution in [0, 0.1) is 0 Å². The third-order valence-corrected chi connectivity index (χ3v) is 2.46. The van der Waals surface area contributed by atoms with Crippen LogP contribution in [0.4, 0.5) is 0 Å². The Morgan fingerprint density at radius 1 is 1.53 bits per heavy atom. The second-order valence-corrected chi connectivity index (χ2v) is 3.95. The van der Waals surface area contributed by atoms with Crippen molar-refractivity contribution in [2.75, 3.05) is 6.54 Å². The molecule has 1 atom stereocenters. The normalized spacial score (nSPS) is 12.6. The minimum absolute atomic E-state index is 0.486. The van der Waals surface area contributed by atoms with Crippen LogP contribution in [0.15, 0.2) is 6.20 Å². The van der Waals surface area contributed by atoms with Gasteiger partial charge >= 0.3 is 5.97 Å². The Kier molecular flexibility index (Phi) is 5.58. The van der Waals surface area contributed by atoms with Crippen molar-refractivity contribution in [2.24, 2.45) is 11.5 Å². The molecule has 1 aromatic rings. The van der Waals surface area contributed by atoms with Crippen molar-refractivity contribution >= 4 is 5.97 Å². The molecule has 0 aliphatic heterocycles. The lowest BCUT2D eigenvalue weighted by atomic mass is 10.1.